The summed E-state index contributed by atoms with van der Waals surface area (Å²) in [7, 11) is 0. The molecule has 0 unspecified atom stereocenters. The Morgan fingerprint density at radius 3 is 2.92 bits per heavy atom. The minimum Gasteiger partial charge on any atom is -0.346 e. The maximum Gasteiger partial charge on any atom is 0.226 e. The molecule has 1 aliphatic rings. The molecule has 0 aliphatic carbocycles. The Morgan fingerprint density at radius 2 is 2.17 bits per heavy atom. The standard InChI is InChI=1S/C16H24N6O2/c1-10(2)15-18-14(24-21-15)8-4-7-13(23)17-11(3)16-20-19-12-6-5-9-22(12)16/h10-11H,4-9H2,1-3H3,(H,17,23)/t11-/m1/s1. The first-order valence-corrected chi connectivity index (χ1v) is 8.58. The van der Waals surface area contributed by atoms with Crippen LogP contribution in [0.25, 0.3) is 0 Å². The average molecular weight is 332 g/mol. The Balaban J connectivity index is 1.45. The summed E-state index contributed by atoms with van der Waals surface area (Å²) in [6.07, 6.45) is 3.78. The number of aryl methyl sites for hydroxylation is 2. The fourth-order valence-corrected chi connectivity index (χ4v) is 2.88. The van der Waals surface area contributed by atoms with Crippen LogP contribution in [0.15, 0.2) is 4.52 Å². The fourth-order valence-electron chi connectivity index (χ4n) is 2.88. The minimum absolute atomic E-state index is 0.00134. The molecule has 0 bridgehead atoms. The Labute approximate surface area is 141 Å². The Morgan fingerprint density at radius 1 is 1.33 bits per heavy atom. The summed E-state index contributed by atoms with van der Waals surface area (Å²) in [5, 5.41) is 15.3. The molecule has 8 heteroatoms. The van der Waals surface area contributed by atoms with Crippen LogP contribution in [0.4, 0.5) is 0 Å². The molecule has 0 saturated carbocycles. The lowest BCUT2D eigenvalue weighted by atomic mass is 10.2. The van der Waals surface area contributed by atoms with Gasteiger partial charge in [-0.3, -0.25) is 4.79 Å². The Hall–Kier alpha value is -2.25. The maximum absolute atomic E-state index is 12.1. The second-order valence-electron chi connectivity index (χ2n) is 6.57. The van der Waals surface area contributed by atoms with Crippen LogP contribution in [0.3, 0.4) is 0 Å². The molecular weight excluding hydrogens is 308 g/mol. The Kier molecular flexibility index (Phi) is 4.92. The SMILES string of the molecule is CC(C)c1noc(CCCC(=O)N[C@H](C)c2nnc3n2CCC3)n1. The highest BCUT2D eigenvalue weighted by molar-refractivity contribution is 5.76. The monoisotopic (exact) mass is 332 g/mol. The number of rotatable bonds is 7. The number of nitrogens with zero attached hydrogens (tertiary/aromatic N) is 5. The van der Waals surface area contributed by atoms with Crippen molar-refractivity contribution in [3.05, 3.63) is 23.4 Å². The van der Waals surface area contributed by atoms with E-state index in [1.165, 1.54) is 0 Å². The third-order valence-electron chi connectivity index (χ3n) is 4.20. The average Bonchev–Trinajstić information content (AvgIpc) is 3.23. The normalized spacial score (nSPS) is 14.8. The van der Waals surface area contributed by atoms with Gasteiger partial charge < -0.3 is 14.4 Å². The molecule has 8 nitrogen and oxygen atoms in total. The van der Waals surface area contributed by atoms with Crippen LogP contribution < -0.4 is 5.32 Å². The smallest absolute Gasteiger partial charge is 0.226 e. The van der Waals surface area contributed by atoms with Crippen molar-refractivity contribution in [2.45, 2.75) is 71.4 Å². The summed E-state index contributed by atoms with van der Waals surface area (Å²) in [6.45, 7) is 6.92. The van der Waals surface area contributed by atoms with Crippen molar-refractivity contribution < 1.29 is 9.32 Å². The van der Waals surface area contributed by atoms with Gasteiger partial charge in [0.25, 0.3) is 0 Å². The lowest BCUT2D eigenvalue weighted by Crippen LogP contribution is -2.28. The number of aromatic nitrogens is 5. The third-order valence-corrected chi connectivity index (χ3v) is 4.20. The predicted octanol–water partition coefficient (Wildman–Crippen LogP) is 1.93. The van der Waals surface area contributed by atoms with Gasteiger partial charge in [0.05, 0.1) is 6.04 Å². The second-order valence-corrected chi connectivity index (χ2v) is 6.57. The van der Waals surface area contributed by atoms with E-state index < -0.39 is 0 Å². The van der Waals surface area contributed by atoms with Gasteiger partial charge in [0.15, 0.2) is 11.6 Å². The topological polar surface area (TPSA) is 98.7 Å². The first-order valence-electron chi connectivity index (χ1n) is 8.58. The van der Waals surface area contributed by atoms with E-state index in [9.17, 15) is 4.79 Å². The van der Waals surface area contributed by atoms with E-state index in [0.29, 0.717) is 31.0 Å². The van der Waals surface area contributed by atoms with Crippen LogP contribution in [-0.4, -0.2) is 30.8 Å². The van der Waals surface area contributed by atoms with Gasteiger partial charge in [-0.05, 0) is 19.8 Å². The lowest BCUT2D eigenvalue weighted by Gasteiger charge is -2.13. The summed E-state index contributed by atoms with van der Waals surface area (Å²) in [4.78, 5) is 16.4. The predicted molar refractivity (Wildman–Crippen MR) is 86.2 cm³/mol. The molecule has 0 saturated heterocycles. The van der Waals surface area contributed by atoms with Crippen molar-refractivity contribution in [3.8, 4) is 0 Å². The van der Waals surface area contributed by atoms with Crippen LogP contribution in [0.2, 0.25) is 0 Å². The number of carbonyl (C=O) groups is 1. The highest BCUT2D eigenvalue weighted by atomic mass is 16.5. The number of hydrogen-bond donors (Lipinski definition) is 1. The molecule has 0 radical (unpaired) electrons. The molecule has 3 rings (SSSR count). The maximum atomic E-state index is 12.1. The van der Waals surface area contributed by atoms with E-state index in [-0.39, 0.29) is 17.9 Å². The van der Waals surface area contributed by atoms with Gasteiger partial charge >= 0.3 is 0 Å². The van der Waals surface area contributed by atoms with Crippen molar-refractivity contribution in [1.29, 1.82) is 0 Å². The molecule has 0 spiro atoms. The van der Waals surface area contributed by atoms with Crippen molar-refractivity contribution in [1.82, 2.24) is 30.2 Å². The van der Waals surface area contributed by atoms with Crippen molar-refractivity contribution in [2.75, 3.05) is 0 Å². The van der Waals surface area contributed by atoms with Crippen molar-refractivity contribution in [3.63, 3.8) is 0 Å². The third kappa shape index (κ3) is 3.63. The highest BCUT2D eigenvalue weighted by Crippen LogP contribution is 2.19. The van der Waals surface area contributed by atoms with Gasteiger partial charge in [0, 0.05) is 31.7 Å². The van der Waals surface area contributed by atoms with Gasteiger partial charge in [-0.15, -0.1) is 10.2 Å². The summed E-state index contributed by atoms with van der Waals surface area (Å²) >= 11 is 0. The van der Waals surface area contributed by atoms with Gasteiger partial charge in [0.2, 0.25) is 11.8 Å². The number of hydrogen-bond acceptors (Lipinski definition) is 6. The number of amides is 1. The molecule has 1 aliphatic heterocycles. The van der Waals surface area contributed by atoms with E-state index in [4.69, 9.17) is 4.52 Å². The molecule has 2 aromatic rings. The van der Waals surface area contributed by atoms with Crippen LogP contribution in [-0.2, 0) is 24.2 Å². The largest absolute Gasteiger partial charge is 0.346 e. The first kappa shape index (κ1) is 16.6. The van der Waals surface area contributed by atoms with Crippen LogP contribution in [0.5, 0.6) is 0 Å². The zero-order valence-electron chi connectivity index (χ0n) is 14.4. The van der Waals surface area contributed by atoms with E-state index in [1.54, 1.807) is 0 Å². The van der Waals surface area contributed by atoms with Gasteiger partial charge in [-0.25, -0.2) is 0 Å². The molecule has 1 amide bonds. The number of fused-ring (bicyclic) bond motifs is 1. The van der Waals surface area contributed by atoms with Gasteiger partial charge in [-0.2, -0.15) is 4.98 Å². The Bertz CT molecular complexity index is 705. The fraction of sp³-hybridized carbons (Fsp3) is 0.688. The van der Waals surface area contributed by atoms with E-state index >= 15 is 0 Å². The quantitative estimate of drug-likeness (QED) is 0.832. The molecule has 24 heavy (non-hydrogen) atoms. The minimum atomic E-state index is -0.132. The second kappa shape index (κ2) is 7.11. The van der Waals surface area contributed by atoms with E-state index in [0.717, 1.165) is 31.0 Å². The molecule has 3 heterocycles. The van der Waals surface area contributed by atoms with Crippen LogP contribution in [0, 0.1) is 0 Å². The zero-order chi connectivity index (χ0) is 17.1. The summed E-state index contributed by atoms with van der Waals surface area (Å²) < 4.78 is 7.29. The summed E-state index contributed by atoms with van der Waals surface area (Å²) in [6, 6.07) is -0.132. The molecule has 130 valence electrons. The highest BCUT2D eigenvalue weighted by Gasteiger charge is 2.22. The molecule has 1 N–H and O–H groups in total. The van der Waals surface area contributed by atoms with Crippen molar-refractivity contribution >= 4 is 5.91 Å². The number of nitrogens with one attached hydrogen (secondary N) is 1. The molecule has 1 atom stereocenters. The molecule has 0 aromatic carbocycles. The summed E-state index contributed by atoms with van der Waals surface area (Å²) in [5.74, 6) is 3.41. The molecule has 0 fully saturated rings. The van der Waals surface area contributed by atoms with Crippen LogP contribution in [0.1, 0.15) is 75.4 Å². The van der Waals surface area contributed by atoms with Gasteiger partial charge in [-0.1, -0.05) is 19.0 Å². The number of carbonyl (C=O) groups excluding carboxylic acids is 1. The first-order chi connectivity index (χ1) is 11.5. The summed E-state index contributed by atoms with van der Waals surface area (Å²) in [5.41, 5.74) is 0. The zero-order valence-corrected chi connectivity index (χ0v) is 14.4. The van der Waals surface area contributed by atoms with E-state index in [2.05, 4.69) is 30.2 Å². The van der Waals surface area contributed by atoms with E-state index in [1.807, 2.05) is 20.8 Å². The molecular formula is C16H24N6O2. The molecule has 2 aromatic heterocycles. The van der Waals surface area contributed by atoms with Gasteiger partial charge in [0.1, 0.15) is 5.82 Å². The lowest BCUT2D eigenvalue weighted by molar-refractivity contribution is -0.121. The van der Waals surface area contributed by atoms with Crippen LogP contribution >= 0.6 is 0 Å². The van der Waals surface area contributed by atoms with Crippen molar-refractivity contribution in [2.24, 2.45) is 0 Å².